The van der Waals surface area contributed by atoms with Crippen molar-refractivity contribution in [2.75, 3.05) is 0 Å². The third-order valence-electron chi connectivity index (χ3n) is 12.6. The number of para-hydroxylation sites is 2. The molecule has 14 aromatic heterocycles. The number of aryl methyl sites for hydroxylation is 2. The summed E-state index contributed by atoms with van der Waals surface area (Å²) in [4.78, 5) is 63.0. The maximum atomic E-state index is 8.19. The van der Waals surface area contributed by atoms with Crippen molar-refractivity contribution in [3.63, 3.8) is 0 Å². The van der Waals surface area contributed by atoms with Gasteiger partial charge < -0.3 is 137 Å². The summed E-state index contributed by atoms with van der Waals surface area (Å²) in [5.41, 5.74) is 4.17. The minimum atomic E-state index is 0. The van der Waals surface area contributed by atoms with Gasteiger partial charge >= 0.3 is 190 Å². The summed E-state index contributed by atoms with van der Waals surface area (Å²) >= 11 is 0. The molecule has 0 saturated heterocycles. The van der Waals surface area contributed by atoms with Gasteiger partial charge in [-0.3, -0.25) is 30.6 Å². The predicted octanol–water partition coefficient (Wildman–Crippen LogP) is 22.8. The van der Waals surface area contributed by atoms with Crippen molar-refractivity contribution in [3.05, 3.63) is 340 Å². The zero-order valence-corrected chi connectivity index (χ0v) is 109. The van der Waals surface area contributed by atoms with Gasteiger partial charge in [0, 0.05) is 81.7 Å². The number of hydrogen-bond acceptors (Lipinski definition) is 15. The van der Waals surface area contributed by atoms with Crippen LogP contribution in [0.2, 0.25) is 0 Å². The molecule has 0 aliphatic carbocycles. The van der Waals surface area contributed by atoms with Crippen molar-refractivity contribution in [2.45, 2.75) is 192 Å². The summed E-state index contributed by atoms with van der Waals surface area (Å²) in [6, 6.07) is 33.6. The van der Waals surface area contributed by atoms with Crippen molar-refractivity contribution in [2.24, 2.45) is 15.1 Å². The molecule has 0 atom stereocenters. The van der Waals surface area contributed by atoms with Gasteiger partial charge in [-0.25, -0.2) is 39.8 Å². The van der Waals surface area contributed by atoms with Crippen LogP contribution < -0.4 is 15.0 Å². The number of hydrogen-bond donors (Lipinski definition) is 0. The molecule has 0 N–H and O–H groups in total. The number of pyridine rings is 2. The van der Waals surface area contributed by atoms with Gasteiger partial charge in [-0.15, -0.1) is 55.6 Å². The van der Waals surface area contributed by atoms with Gasteiger partial charge in [0.15, 0.2) is 0 Å². The van der Waals surface area contributed by atoms with E-state index in [4.69, 9.17) is 38.7 Å². The van der Waals surface area contributed by atoms with Crippen LogP contribution in [0.3, 0.4) is 0 Å². The smallest absolute Gasteiger partial charge is 0.574 e. The molecule has 0 radical (unpaired) electrons. The molecule has 3 aromatic carbocycles. The summed E-state index contributed by atoms with van der Waals surface area (Å²) in [6.45, 7) is 81.5. The Balaban J connectivity index is -0.0000000877. The van der Waals surface area contributed by atoms with E-state index >= 15 is 0 Å². The van der Waals surface area contributed by atoms with E-state index in [-0.39, 0.29) is 190 Å². The first-order valence-electron chi connectivity index (χ1n) is 42.2. The molecular weight excluding hydrogens is 3220 g/mol. The first kappa shape index (κ1) is 160. The number of aromatic nitrogens is 24. The number of fused-ring (bicyclic) bond motifs is 6. The van der Waals surface area contributed by atoms with E-state index in [9.17, 15) is 0 Å². The first-order chi connectivity index (χ1) is 62.3. The summed E-state index contributed by atoms with van der Waals surface area (Å²) in [6.07, 6.45) is 68.2. The van der Waals surface area contributed by atoms with Crippen LogP contribution >= 0.6 is 0 Å². The van der Waals surface area contributed by atoms with Gasteiger partial charge in [-0.2, -0.15) is 48.6 Å². The molecule has 18 rings (SSSR count). The Labute approximate surface area is 937 Å². The second-order valence-corrected chi connectivity index (χ2v) is 19.1. The van der Waals surface area contributed by atoms with Crippen LogP contribution in [0, 0.1) is 71.0 Å². The van der Waals surface area contributed by atoms with E-state index < -0.39 is 0 Å². The molecule has 0 unspecified atom stereocenters. The number of imidazole rings is 12. The van der Waals surface area contributed by atoms with Gasteiger partial charge in [0.25, 0.3) is 0 Å². The average Bonchev–Trinajstić information content (AvgIpc) is 1.72. The molecule has 0 spiro atoms. The zero-order valence-electron chi connectivity index (χ0n) is 82.3. The fourth-order valence-electron chi connectivity index (χ4n) is 7.99. The van der Waals surface area contributed by atoms with E-state index in [2.05, 4.69) is 199 Å². The minimum absolute atomic E-state index is 0. The Bertz CT molecular complexity index is 4630. The van der Waals surface area contributed by atoms with Gasteiger partial charge in [0.1, 0.15) is 17.1 Å². The van der Waals surface area contributed by atoms with Gasteiger partial charge in [-0.05, 0) is 53.2 Å². The minimum Gasteiger partial charge on any atom is -0.574 e. The topological polar surface area (TPSA) is 300 Å². The van der Waals surface area contributed by atoms with Gasteiger partial charge in [-0.1, -0.05) is 289 Å². The predicted molar refractivity (Wildman–Crippen MR) is 526 cm³/mol. The monoisotopic (exact) mass is 3360 g/mol. The van der Waals surface area contributed by atoms with Crippen LogP contribution in [0.25, 0.3) is 62.5 Å². The maximum Gasteiger partial charge on any atom is 2.00 e. The van der Waals surface area contributed by atoms with Gasteiger partial charge in [0.05, 0.1) is 5.52 Å². The Morgan fingerprint density at radius 2 is 0.904 bits per heavy atom. The zero-order chi connectivity index (χ0) is 95.9. The van der Waals surface area contributed by atoms with Crippen LogP contribution in [-0.2, 0) is 209 Å². The van der Waals surface area contributed by atoms with Crippen LogP contribution in [0.5, 0.6) is 0 Å². The molecule has 17 aromatic rings. The SMILES string of the molecule is CC.CC.CC.CC.CC.CC.CC.CC.CC.CC.CC.CC.[CH-]=Cc1ncc[n-]1.[CH-]=Cn1[c-]ncc1.[CH-]=Nc1ncc[n-]1.[CH-]=Nc1ncc[n-]1.[CH-]=Nn1[c-]ncc1.[CH2-]C=Cn1[c-]ncc1.[CH2-]Cn1[c-]ncc1.[N-]=Cn1[c-]ncc1.[W+2].[W+2].[W+2].[W+2].[W+2].[W+2].[W+2].[W+2].[W+2].[c-]1ccccc1-n1[c-]ncc1.c1ccc2c(c1)ccc1nccn12.c1ccc2cn3ccnc3cc2c1.c1cn2c(n1)CCC2. The molecule has 720 valence electrons. The third-order valence-corrected chi connectivity index (χ3v) is 12.6. The summed E-state index contributed by atoms with van der Waals surface area (Å²) in [5, 5.41) is 15.1. The molecule has 1 aliphatic rings. The Morgan fingerprint density at radius 1 is 0.437 bits per heavy atom. The van der Waals surface area contributed by atoms with E-state index in [1.54, 1.807) is 98.7 Å². The molecular formula is C98H134N28W9. The molecule has 1 aliphatic heterocycles. The summed E-state index contributed by atoms with van der Waals surface area (Å²) in [5.74, 6) is 2.50. The molecule has 0 bridgehead atoms. The average molecular weight is 3360 g/mol. The second kappa shape index (κ2) is 124. The molecule has 0 saturated carbocycles. The normalized spacial score (nSPS) is 8.21. The van der Waals surface area contributed by atoms with Crippen molar-refractivity contribution < 1.29 is 190 Å². The van der Waals surface area contributed by atoms with E-state index in [1.807, 2.05) is 275 Å². The van der Waals surface area contributed by atoms with E-state index in [0.717, 1.165) is 23.3 Å². The molecule has 0 amide bonds. The first-order valence-corrected chi connectivity index (χ1v) is 42.2. The molecule has 37 heteroatoms. The third kappa shape index (κ3) is 76.3. The standard InChI is InChI=1S/2C11H8N2.C9H6N2.C6H8N2.C6H6N2.C5H6N2.2C5H4N2.4C4H3N3.12C2H6.9W/c1-2-4-10-8-13-6-5-12-11(13)7-9(10)3-1;1-2-4-10-9(3-1)5-6-11-12-7-8-13(10)11;1-2-4-9(5-3-1)11-7-6-10-8-11;1-2-6-7-3-5-8(6)4-1;1-2-4-8-5-3-7-6-8;2*1-2-7-4-3-6-5-7;1-2-5-6-3-4-7-5;1-5-7-3-2-6-4-7;2*1-5-4-6-2-3-7-4;5-3-7-2-1-6-4-7;12*1-2;;;;;;;;;/h2*1-8H;1-4,6-7H;3,5H,1-2,4H2;2-5H,1H2;3-4H,1-2H2;2*1-4H;4*1-3H;12*1-2H3;;;;;;;;;/q;;-2;;8*-2;;;;;;;;;;;;;9*+2. The number of nitrogens with zero attached hydrogens (tertiary/aromatic N) is 28. The van der Waals surface area contributed by atoms with E-state index in [1.165, 1.54) is 99.4 Å². The van der Waals surface area contributed by atoms with Crippen LogP contribution in [0.1, 0.15) is 184 Å². The largest absolute Gasteiger partial charge is 2.00 e. The molecule has 0 fully saturated rings. The number of allylic oxidation sites excluding steroid dienone is 1. The van der Waals surface area contributed by atoms with Crippen molar-refractivity contribution in [3.8, 4) is 5.69 Å². The van der Waals surface area contributed by atoms with Gasteiger partial charge in [0.2, 0.25) is 0 Å². The fraction of sp³-hybridized carbons (Fsp3) is 0.286. The molecule has 135 heavy (non-hydrogen) atoms. The maximum absolute atomic E-state index is 8.19. The summed E-state index contributed by atoms with van der Waals surface area (Å²) < 4.78 is 15.8. The Hall–Kier alpha value is -8.38. The van der Waals surface area contributed by atoms with Crippen molar-refractivity contribution in [1.29, 1.82) is 0 Å². The Morgan fingerprint density at radius 3 is 1.29 bits per heavy atom. The Kier molecular flexibility index (Phi) is 147. The number of aliphatic imine (C=N–C) groups is 2. The number of rotatable bonds is 9. The molecule has 28 nitrogen and oxygen atoms in total. The van der Waals surface area contributed by atoms with Crippen LogP contribution in [-0.4, -0.2) is 127 Å². The summed E-state index contributed by atoms with van der Waals surface area (Å²) in [7, 11) is 0. The van der Waals surface area contributed by atoms with Crippen LogP contribution in [0.15, 0.2) is 267 Å². The van der Waals surface area contributed by atoms with Crippen molar-refractivity contribution >= 4 is 89.8 Å². The van der Waals surface area contributed by atoms with E-state index in [0.29, 0.717) is 24.3 Å². The number of benzene rings is 3. The molecule has 15 heterocycles. The van der Waals surface area contributed by atoms with Crippen molar-refractivity contribution in [1.82, 2.24) is 116 Å². The quantitative estimate of drug-likeness (QED) is 0.0737. The second-order valence-electron chi connectivity index (χ2n) is 19.1. The fourth-order valence-corrected chi connectivity index (χ4v) is 7.99. The van der Waals surface area contributed by atoms with Crippen LogP contribution in [0.4, 0.5) is 11.9 Å².